The third-order valence-corrected chi connectivity index (χ3v) is 3.58. The van der Waals surface area contributed by atoms with Crippen molar-refractivity contribution in [1.82, 2.24) is 9.88 Å². The first-order valence-electron chi connectivity index (χ1n) is 7.09. The summed E-state index contributed by atoms with van der Waals surface area (Å²) in [5, 5.41) is 10.1. The van der Waals surface area contributed by atoms with Gasteiger partial charge in [0.2, 0.25) is 0 Å². The number of halogens is 1. The molecule has 2 aromatic rings. The van der Waals surface area contributed by atoms with Crippen molar-refractivity contribution < 1.29 is 9.50 Å². The predicted molar refractivity (Wildman–Crippen MR) is 81.3 cm³/mol. The minimum absolute atomic E-state index is 0.386. The fraction of sp³-hybridized carbons (Fsp3) is 0.353. The maximum atomic E-state index is 12.8. The zero-order chi connectivity index (χ0) is 15.2. The van der Waals surface area contributed by atoms with Gasteiger partial charge < -0.3 is 10.0 Å². The van der Waals surface area contributed by atoms with E-state index in [1.165, 1.54) is 23.3 Å². The van der Waals surface area contributed by atoms with Gasteiger partial charge in [-0.1, -0.05) is 24.3 Å². The van der Waals surface area contributed by atoms with E-state index in [-0.39, 0.29) is 5.82 Å². The fourth-order valence-electron chi connectivity index (χ4n) is 2.23. The highest BCUT2D eigenvalue weighted by atomic mass is 19.1. The van der Waals surface area contributed by atoms with E-state index in [2.05, 4.69) is 28.9 Å². The normalized spacial score (nSPS) is 12.6. The number of rotatable bonds is 6. The Balaban J connectivity index is 1.85. The highest BCUT2D eigenvalue weighted by molar-refractivity contribution is 5.25. The summed E-state index contributed by atoms with van der Waals surface area (Å²) in [6, 6.07) is 11.1. The topological polar surface area (TPSA) is 36.4 Å². The standard InChI is InChI=1S/C17H21FN2O/c1-13-5-3-4-6-14(13)12-20(2)10-9-17(21)16-8-7-15(18)11-19-16/h3-8,11,17,21H,9-10,12H2,1-2H3. The molecule has 1 atom stereocenters. The molecule has 1 aromatic carbocycles. The maximum Gasteiger partial charge on any atom is 0.141 e. The summed E-state index contributed by atoms with van der Waals surface area (Å²) in [4.78, 5) is 6.07. The van der Waals surface area contributed by atoms with Gasteiger partial charge in [-0.3, -0.25) is 4.98 Å². The molecule has 21 heavy (non-hydrogen) atoms. The van der Waals surface area contributed by atoms with E-state index in [1.807, 2.05) is 19.2 Å². The van der Waals surface area contributed by atoms with E-state index in [0.717, 1.165) is 19.3 Å². The van der Waals surface area contributed by atoms with Crippen LogP contribution in [0.5, 0.6) is 0 Å². The molecule has 3 nitrogen and oxygen atoms in total. The number of aliphatic hydroxyl groups excluding tert-OH is 1. The lowest BCUT2D eigenvalue weighted by molar-refractivity contribution is 0.143. The minimum Gasteiger partial charge on any atom is -0.387 e. The van der Waals surface area contributed by atoms with Crippen molar-refractivity contribution in [2.24, 2.45) is 0 Å². The van der Waals surface area contributed by atoms with Gasteiger partial charge >= 0.3 is 0 Å². The third kappa shape index (κ3) is 4.62. The molecule has 0 bridgehead atoms. The molecule has 0 fully saturated rings. The lowest BCUT2D eigenvalue weighted by Crippen LogP contribution is -2.21. The summed E-state index contributed by atoms with van der Waals surface area (Å²) in [6.07, 6.45) is 1.04. The molecule has 0 saturated carbocycles. The van der Waals surface area contributed by atoms with E-state index < -0.39 is 6.10 Å². The van der Waals surface area contributed by atoms with E-state index in [0.29, 0.717) is 12.1 Å². The fourth-order valence-corrected chi connectivity index (χ4v) is 2.23. The summed E-state index contributed by atoms with van der Waals surface area (Å²) >= 11 is 0. The van der Waals surface area contributed by atoms with Crippen LogP contribution < -0.4 is 0 Å². The van der Waals surface area contributed by atoms with Gasteiger partial charge in [0, 0.05) is 13.1 Å². The second kappa shape index (κ2) is 7.29. The van der Waals surface area contributed by atoms with Crippen LogP contribution in [0.15, 0.2) is 42.6 Å². The lowest BCUT2D eigenvalue weighted by atomic mass is 10.1. The van der Waals surface area contributed by atoms with E-state index in [1.54, 1.807) is 0 Å². The monoisotopic (exact) mass is 288 g/mol. The Kier molecular flexibility index (Phi) is 5.42. The van der Waals surface area contributed by atoms with Gasteiger partial charge in [0.15, 0.2) is 0 Å². The van der Waals surface area contributed by atoms with Gasteiger partial charge in [-0.25, -0.2) is 4.39 Å². The molecule has 0 aliphatic heterocycles. The summed E-state index contributed by atoms with van der Waals surface area (Å²) in [5.74, 6) is -0.386. The van der Waals surface area contributed by atoms with E-state index >= 15 is 0 Å². The molecule has 0 amide bonds. The minimum atomic E-state index is -0.662. The van der Waals surface area contributed by atoms with Crippen LogP contribution in [-0.2, 0) is 6.54 Å². The molecule has 0 aliphatic rings. The van der Waals surface area contributed by atoms with Gasteiger partial charge in [-0.15, -0.1) is 0 Å². The quantitative estimate of drug-likeness (QED) is 0.887. The van der Waals surface area contributed by atoms with Crippen LogP contribution in [0.3, 0.4) is 0 Å². The molecular weight excluding hydrogens is 267 g/mol. The number of aliphatic hydroxyl groups is 1. The smallest absolute Gasteiger partial charge is 0.141 e. The van der Waals surface area contributed by atoms with E-state index in [9.17, 15) is 9.50 Å². The Labute approximate surface area is 125 Å². The number of benzene rings is 1. The Hall–Kier alpha value is -1.78. The van der Waals surface area contributed by atoms with Gasteiger partial charge in [0.1, 0.15) is 5.82 Å². The molecule has 0 aliphatic carbocycles. The molecule has 1 N–H and O–H groups in total. The number of hydrogen-bond acceptors (Lipinski definition) is 3. The first kappa shape index (κ1) is 15.6. The van der Waals surface area contributed by atoms with Crippen LogP contribution in [-0.4, -0.2) is 28.6 Å². The highest BCUT2D eigenvalue weighted by Gasteiger charge is 2.11. The summed E-state index contributed by atoms with van der Waals surface area (Å²) in [7, 11) is 2.03. The molecule has 4 heteroatoms. The van der Waals surface area contributed by atoms with Crippen LogP contribution in [0.25, 0.3) is 0 Å². The molecule has 2 rings (SSSR count). The Bertz CT molecular complexity index is 571. The van der Waals surface area contributed by atoms with Crippen molar-refractivity contribution in [3.05, 3.63) is 65.2 Å². The zero-order valence-corrected chi connectivity index (χ0v) is 12.5. The van der Waals surface area contributed by atoms with Crippen molar-refractivity contribution in [1.29, 1.82) is 0 Å². The van der Waals surface area contributed by atoms with Crippen molar-refractivity contribution in [3.63, 3.8) is 0 Å². The molecule has 1 unspecified atom stereocenters. The van der Waals surface area contributed by atoms with Crippen molar-refractivity contribution in [3.8, 4) is 0 Å². The zero-order valence-electron chi connectivity index (χ0n) is 12.5. The van der Waals surface area contributed by atoms with Crippen LogP contribution in [0, 0.1) is 12.7 Å². The first-order valence-corrected chi connectivity index (χ1v) is 7.09. The second-order valence-corrected chi connectivity index (χ2v) is 5.37. The van der Waals surface area contributed by atoms with Crippen LogP contribution in [0.4, 0.5) is 4.39 Å². The molecule has 0 saturated heterocycles. The Morgan fingerprint density at radius 3 is 2.67 bits per heavy atom. The average Bonchev–Trinajstić information content (AvgIpc) is 2.48. The van der Waals surface area contributed by atoms with Gasteiger partial charge in [0.25, 0.3) is 0 Å². The van der Waals surface area contributed by atoms with Crippen LogP contribution in [0.2, 0.25) is 0 Å². The summed E-state index contributed by atoms with van der Waals surface area (Å²) in [5.41, 5.74) is 3.07. The molecule has 0 spiro atoms. The van der Waals surface area contributed by atoms with E-state index in [4.69, 9.17) is 0 Å². The number of pyridine rings is 1. The lowest BCUT2D eigenvalue weighted by Gasteiger charge is -2.19. The van der Waals surface area contributed by atoms with Gasteiger partial charge in [-0.2, -0.15) is 0 Å². The number of hydrogen-bond donors (Lipinski definition) is 1. The summed E-state index contributed by atoms with van der Waals surface area (Å²) in [6.45, 7) is 3.69. The maximum absolute atomic E-state index is 12.8. The Morgan fingerprint density at radius 2 is 2.00 bits per heavy atom. The average molecular weight is 288 g/mol. The van der Waals surface area contributed by atoms with Crippen molar-refractivity contribution in [2.75, 3.05) is 13.6 Å². The largest absolute Gasteiger partial charge is 0.387 e. The molecule has 1 heterocycles. The highest BCUT2D eigenvalue weighted by Crippen LogP contribution is 2.16. The van der Waals surface area contributed by atoms with Crippen molar-refractivity contribution >= 4 is 0 Å². The second-order valence-electron chi connectivity index (χ2n) is 5.37. The molecule has 112 valence electrons. The van der Waals surface area contributed by atoms with Crippen LogP contribution in [0.1, 0.15) is 29.3 Å². The molecular formula is C17H21FN2O. The number of nitrogens with zero attached hydrogens (tertiary/aromatic N) is 2. The third-order valence-electron chi connectivity index (χ3n) is 3.58. The molecule has 1 aromatic heterocycles. The number of aryl methyl sites for hydroxylation is 1. The van der Waals surface area contributed by atoms with Gasteiger partial charge in [0.05, 0.1) is 18.0 Å². The number of aromatic nitrogens is 1. The van der Waals surface area contributed by atoms with Gasteiger partial charge in [-0.05, 0) is 43.7 Å². The molecule has 0 radical (unpaired) electrons. The first-order chi connectivity index (χ1) is 10.1. The Morgan fingerprint density at radius 1 is 1.24 bits per heavy atom. The summed E-state index contributed by atoms with van der Waals surface area (Å²) < 4.78 is 12.8. The van der Waals surface area contributed by atoms with Crippen LogP contribution >= 0.6 is 0 Å². The SMILES string of the molecule is Cc1ccccc1CN(C)CCC(O)c1ccc(F)cn1. The van der Waals surface area contributed by atoms with Crippen molar-refractivity contribution in [2.45, 2.75) is 26.0 Å². The predicted octanol–water partition coefficient (Wildman–Crippen LogP) is 3.08.